The fourth-order valence-electron chi connectivity index (χ4n) is 3.87. The lowest BCUT2D eigenvalue weighted by Gasteiger charge is -2.18. The Labute approximate surface area is 193 Å². The molecule has 34 heavy (non-hydrogen) atoms. The summed E-state index contributed by atoms with van der Waals surface area (Å²) in [6.45, 7) is 1.26. The van der Waals surface area contributed by atoms with Crippen molar-refractivity contribution in [3.05, 3.63) is 80.9 Å². The summed E-state index contributed by atoms with van der Waals surface area (Å²) in [7, 11) is 0. The second kappa shape index (κ2) is 9.98. The van der Waals surface area contributed by atoms with E-state index in [4.69, 9.17) is 18.9 Å². The van der Waals surface area contributed by atoms with Gasteiger partial charge in [0.2, 0.25) is 0 Å². The van der Waals surface area contributed by atoms with Crippen molar-refractivity contribution in [2.24, 2.45) is 0 Å². The number of rotatable bonds is 8. The Morgan fingerprint density at radius 3 is 2.03 bits per heavy atom. The third-order valence-corrected chi connectivity index (χ3v) is 5.53. The molecule has 2 aromatic carbocycles. The highest BCUT2D eigenvalue weighted by Crippen LogP contribution is 2.31. The zero-order chi connectivity index (χ0) is 24.2. The lowest BCUT2D eigenvalue weighted by Crippen LogP contribution is -2.36. The second-order valence-corrected chi connectivity index (χ2v) is 7.78. The highest BCUT2D eigenvalue weighted by atomic mass is 16.9. The van der Waals surface area contributed by atoms with Crippen molar-refractivity contribution in [1.29, 1.82) is 0 Å². The first-order valence-corrected chi connectivity index (χ1v) is 10.4. The first-order valence-electron chi connectivity index (χ1n) is 10.4. The minimum Gasteiger partial charge on any atom is -0.453 e. The molecule has 0 saturated carbocycles. The molecule has 2 aromatic rings. The molecule has 2 saturated heterocycles. The van der Waals surface area contributed by atoms with Crippen LogP contribution in [0.2, 0.25) is 0 Å². The number of ether oxygens (including phenoxy) is 4. The average molecular weight is 471 g/mol. The van der Waals surface area contributed by atoms with Gasteiger partial charge in [0.1, 0.15) is 18.8 Å². The number of hydrogen-bond acceptors (Lipinski definition) is 10. The minimum atomic E-state index is -0.896. The highest BCUT2D eigenvalue weighted by Gasteiger charge is 2.51. The van der Waals surface area contributed by atoms with E-state index in [9.17, 15) is 24.5 Å². The van der Waals surface area contributed by atoms with Crippen molar-refractivity contribution >= 4 is 17.7 Å². The number of carbonyl (C=O) groups is 3. The minimum absolute atomic E-state index is 0.0580. The first kappa shape index (κ1) is 23.3. The Morgan fingerprint density at radius 1 is 0.912 bits per heavy atom. The summed E-state index contributed by atoms with van der Waals surface area (Å²) in [5.74, 6) is -1.53. The zero-order valence-electron chi connectivity index (χ0n) is 18.1. The topological polar surface area (TPSA) is 141 Å². The van der Waals surface area contributed by atoms with Crippen LogP contribution in [0, 0.1) is 10.1 Å². The van der Waals surface area contributed by atoms with Crippen LogP contribution in [0.5, 0.6) is 0 Å². The largest absolute Gasteiger partial charge is 0.453 e. The van der Waals surface area contributed by atoms with Crippen LogP contribution >= 0.6 is 0 Å². The third kappa shape index (κ3) is 5.05. The molecule has 4 rings (SSSR count). The van der Waals surface area contributed by atoms with Crippen LogP contribution in [-0.4, -0.2) is 60.4 Å². The van der Waals surface area contributed by atoms with Gasteiger partial charge in [-0.05, 0) is 30.7 Å². The van der Waals surface area contributed by atoms with Gasteiger partial charge in [-0.15, -0.1) is 10.1 Å². The van der Waals surface area contributed by atoms with Crippen molar-refractivity contribution in [2.75, 3.05) is 13.2 Å². The predicted octanol–water partition coefficient (Wildman–Crippen LogP) is 2.15. The maximum atomic E-state index is 12.7. The van der Waals surface area contributed by atoms with Crippen LogP contribution in [0.1, 0.15) is 43.6 Å². The van der Waals surface area contributed by atoms with Gasteiger partial charge in [-0.25, -0.2) is 9.59 Å². The number of fused-ring (bicyclic) bond motifs is 1. The summed E-state index contributed by atoms with van der Waals surface area (Å²) in [6, 6.07) is 12.4. The van der Waals surface area contributed by atoms with E-state index in [0.29, 0.717) is 5.56 Å². The number of Topliss-reactive ketones (excluding diaryl/α,β-unsaturated/α-hetero) is 1. The van der Waals surface area contributed by atoms with Crippen molar-refractivity contribution in [3.8, 4) is 0 Å². The van der Waals surface area contributed by atoms with E-state index in [1.807, 2.05) is 0 Å². The van der Waals surface area contributed by atoms with Gasteiger partial charge in [-0.2, -0.15) is 0 Å². The fourth-order valence-corrected chi connectivity index (χ4v) is 3.87. The molecular formula is C23H21NO10. The molecule has 0 unspecified atom stereocenters. The molecule has 0 amide bonds. The number of carbonyl (C=O) groups excluding carboxylic acids is 3. The highest BCUT2D eigenvalue weighted by molar-refractivity contribution is 6.05. The molecular weight excluding hydrogens is 450 g/mol. The Morgan fingerprint density at radius 2 is 1.47 bits per heavy atom. The van der Waals surface area contributed by atoms with E-state index in [0.717, 1.165) is 0 Å². The Bertz CT molecular complexity index is 1100. The van der Waals surface area contributed by atoms with Gasteiger partial charge in [0, 0.05) is 5.56 Å². The molecule has 4 atom stereocenters. The van der Waals surface area contributed by atoms with Gasteiger partial charge < -0.3 is 23.8 Å². The third-order valence-electron chi connectivity index (χ3n) is 5.53. The van der Waals surface area contributed by atoms with Gasteiger partial charge in [0.15, 0.2) is 18.0 Å². The molecule has 0 aliphatic carbocycles. The summed E-state index contributed by atoms with van der Waals surface area (Å²) >= 11 is 0. The van der Waals surface area contributed by atoms with E-state index < -0.39 is 41.4 Å². The smallest absolute Gasteiger partial charge is 0.339 e. The van der Waals surface area contributed by atoms with E-state index in [-0.39, 0.29) is 42.3 Å². The average Bonchev–Trinajstić information content (AvgIpc) is 3.41. The Balaban J connectivity index is 1.34. The second-order valence-electron chi connectivity index (χ2n) is 7.78. The fraction of sp³-hybridized carbons (Fsp3) is 0.348. The number of nitrogens with zero attached hydrogens (tertiary/aromatic N) is 1. The van der Waals surface area contributed by atoms with E-state index in [1.54, 1.807) is 18.2 Å². The summed E-state index contributed by atoms with van der Waals surface area (Å²) in [4.78, 5) is 51.5. The van der Waals surface area contributed by atoms with Crippen molar-refractivity contribution in [1.82, 2.24) is 0 Å². The molecule has 0 N–H and O–H groups in total. The summed E-state index contributed by atoms with van der Waals surface area (Å²) in [6.07, 6.45) is -2.66. The molecule has 11 nitrogen and oxygen atoms in total. The molecule has 0 radical (unpaired) electrons. The van der Waals surface area contributed by atoms with Gasteiger partial charge in [-0.1, -0.05) is 30.3 Å². The van der Waals surface area contributed by atoms with Crippen molar-refractivity contribution < 1.29 is 43.3 Å². The van der Waals surface area contributed by atoms with Crippen LogP contribution in [0.4, 0.5) is 0 Å². The van der Waals surface area contributed by atoms with Crippen molar-refractivity contribution in [2.45, 2.75) is 37.9 Å². The Kier molecular flexibility index (Phi) is 6.85. The van der Waals surface area contributed by atoms with Crippen LogP contribution in [0.3, 0.4) is 0 Å². The molecule has 2 fully saturated rings. The van der Waals surface area contributed by atoms with Gasteiger partial charge in [0.05, 0.1) is 24.3 Å². The molecule has 0 bridgehead atoms. The molecule has 178 valence electrons. The van der Waals surface area contributed by atoms with Gasteiger partial charge >= 0.3 is 11.9 Å². The molecule has 2 aliphatic heterocycles. The standard InChI is InChI=1S/C23H21NO10/c1-13(25)16-4-2-3-5-17(16)23(27)34-19-12-31-20-18(11-30-21(19)20)33-22(26)15-8-6-14(7-9-15)10-32-24(28)29/h2-9,18-21H,10-12H2,1H3/t18-,19+,20-,21-/m1/s1. The normalized spacial score (nSPS) is 23.1. The maximum Gasteiger partial charge on any atom is 0.339 e. The SMILES string of the molecule is CC(=O)c1ccccc1C(=O)O[C@H]1CO[C@H]2[C@@H]1OC[C@H]2OC(=O)c1ccc(CO[N+](=O)[O-])cc1. The molecule has 0 spiro atoms. The van der Waals surface area contributed by atoms with E-state index in [1.165, 1.54) is 37.3 Å². The summed E-state index contributed by atoms with van der Waals surface area (Å²) < 4.78 is 22.5. The summed E-state index contributed by atoms with van der Waals surface area (Å²) in [5, 5.41) is 9.38. The molecule has 0 aromatic heterocycles. The molecule has 11 heteroatoms. The van der Waals surface area contributed by atoms with Gasteiger partial charge in [-0.3, -0.25) is 4.79 Å². The number of benzene rings is 2. The lowest BCUT2D eigenvalue weighted by atomic mass is 10.0. The molecule has 2 heterocycles. The van der Waals surface area contributed by atoms with Crippen molar-refractivity contribution in [3.63, 3.8) is 0 Å². The number of esters is 2. The maximum absolute atomic E-state index is 12.7. The van der Waals surface area contributed by atoms with Gasteiger partial charge in [0.25, 0.3) is 5.09 Å². The molecule has 2 aliphatic rings. The van der Waals surface area contributed by atoms with Crippen LogP contribution in [-0.2, 0) is 30.4 Å². The predicted molar refractivity (Wildman–Crippen MR) is 113 cm³/mol. The Hall–Kier alpha value is -3.83. The van der Waals surface area contributed by atoms with Crippen LogP contribution < -0.4 is 0 Å². The lowest BCUT2D eigenvalue weighted by molar-refractivity contribution is -0.763. The first-order chi connectivity index (χ1) is 16.3. The van der Waals surface area contributed by atoms with E-state index in [2.05, 4.69) is 4.84 Å². The quantitative estimate of drug-likeness (QED) is 0.243. The number of ketones is 1. The summed E-state index contributed by atoms with van der Waals surface area (Å²) in [5.41, 5.74) is 1.19. The van der Waals surface area contributed by atoms with Crippen LogP contribution in [0.15, 0.2) is 48.5 Å². The zero-order valence-corrected chi connectivity index (χ0v) is 18.1. The van der Waals surface area contributed by atoms with E-state index >= 15 is 0 Å². The van der Waals surface area contributed by atoms with Crippen LogP contribution in [0.25, 0.3) is 0 Å². The monoisotopic (exact) mass is 471 g/mol. The number of hydrogen-bond donors (Lipinski definition) is 0.